The summed E-state index contributed by atoms with van der Waals surface area (Å²) >= 11 is 5.94. The Morgan fingerprint density at radius 3 is 2.71 bits per heavy atom. The van der Waals surface area contributed by atoms with E-state index >= 15 is 0 Å². The highest BCUT2D eigenvalue weighted by atomic mass is 35.5. The third-order valence-corrected chi connectivity index (χ3v) is 3.12. The van der Waals surface area contributed by atoms with E-state index in [0.717, 1.165) is 11.3 Å². The van der Waals surface area contributed by atoms with Gasteiger partial charge in [0, 0.05) is 5.69 Å². The number of para-hydroxylation sites is 1. The lowest BCUT2D eigenvalue weighted by Crippen LogP contribution is -2.35. The first-order valence-corrected chi connectivity index (χ1v) is 6.84. The molecule has 0 aliphatic rings. The van der Waals surface area contributed by atoms with Crippen molar-refractivity contribution >= 4 is 23.2 Å². The van der Waals surface area contributed by atoms with Crippen LogP contribution in [0.3, 0.4) is 0 Å². The first-order chi connectivity index (χ1) is 10.0. The van der Waals surface area contributed by atoms with Gasteiger partial charge in [-0.05, 0) is 25.5 Å². The number of alkyl halides is 1. The van der Waals surface area contributed by atoms with Gasteiger partial charge in [-0.2, -0.15) is 0 Å². The molecule has 0 saturated heterocycles. The van der Waals surface area contributed by atoms with Gasteiger partial charge in [0.1, 0.15) is 11.9 Å². The summed E-state index contributed by atoms with van der Waals surface area (Å²) in [5.41, 5.74) is 1.71. The highest BCUT2D eigenvalue weighted by Gasteiger charge is 2.24. The maximum atomic E-state index is 12.3. The van der Waals surface area contributed by atoms with Gasteiger partial charge in [0.15, 0.2) is 0 Å². The standard InChI is InChI=1S/C14H16ClN3O3/c1-9-6-4-5-7-11(9)18(13(19)10(2)15)8-12-16-17-14(20-3)21-12/h4-7,10H,8H2,1-3H3. The molecule has 0 N–H and O–H groups in total. The van der Waals surface area contributed by atoms with Crippen LogP contribution in [0.15, 0.2) is 28.7 Å². The molecule has 2 rings (SSSR count). The van der Waals surface area contributed by atoms with Crippen LogP contribution in [-0.2, 0) is 11.3 Å². The molecule has 1 unspecified atom stereocenters. The van der Waals surface area contributed by atoms with Crippen molar-refractivity contribution in [3.05, 3.63) is 35.7 Å². The molecule has 1 heterocycles. The van der Waals surface area contributed by atoms with Crippen LogP contribution in [0.2, 0.25) is 0 Å². The molecular formula is C14H16ClN3O3. The van der Waals surface area contributed by atoms with Crippen molar-refractivity contribution in [3.8, 4) is 6.08 Å². The Labute approximate surface area is 127 Å². The Kier molecular flexibility index (Phi) is 4.80. The third-order valence-electron chi connectivity index (χ3n) is 2.93. The van der Waals surface area contributed by atoms with Crippen molar-refractivity contribution in [1.29, 1.82) is 0 Å². The van der Waals surface area contributed by atoms with Gasteiger partial charge in [0.2, 0.25) is 11.8 Å². The number of benzene rings is 1. The summed E-state index contributed by atoms with van der Waals surface area (Å²) in [5, 5.41) is 6.89. The number of methoxy groups -OCH3 is 1. The molecule has 21 heavy (non-hydrogen) atoms. The number of aryl methyl sites for hydroxylation is 1. The zero-order chi connectivity index (χ0) is 15.4. The maximum absolute atomic E-state index is 12.3. The zero-order valence-corrected chi connectivity index (χ0v) is 12.8. The van der Waals surface area contributed by atoms with E-state index in [-0.39, 0.29) is 24.4 Å². The number of hydrogen-bond donors (Lipinski definition) is 0. The topological polar surface area (TPSA) is 68.5 Å². The molecule has 0 aliphatic carbocycles. The fourth-order valence-electron chi connectivity index (χ4n) is 1.88. The van der Waals surface area contributed by atoms with Crippen LogP contribution < -0.4 is 9.64 Å². The Morgan fingerprint density at radius 1 is 1.43 bits per heavy atom. The number of halogens is 1. The van der Waals surface area contributed by atoms with Crippen molar-refractivity contribution in [3.63, 3.8) is 0 Å². The molecule has 1 amide bonds. The van der Waals surface area contributed by atoms with Gasteiger partial charge in [0.05, 0.1) is 7.11 Å². The highest BCUT2D eigenvalue weighted by molar-refractivity contribution is 6.32. The van der Waals surface area contributed by atoms with Crippen LogP contribution in [0.4, 0.5) is 5.69 Å². The van der Waals surface area contributed by atoms with E-state index in [1.807, 2.05) is 31.2 Å². The molecule has 1 aromatic carbocycles. The molecule has 0 bridgehead atoms. The van der Waals surface area contributed by atoms with Gasteiger partial charge in [-0.15, -0.1) is 16.7 Å². The molecule has 0 saturated carbocycles. The van der Waals surface area contributed by atoms with E-state index in [9.17, 15) is 4.79 Å². The summed E-state index contributed by atoms with van der Waals surface area (Å²) in [7, 11) is 1.43. The molecule has 0 spiro atoms. The summed E-state index contributed by atoms with van der Waals surface area (Å²) in [6.07, 6.45) is 0.0566. The number of rotatable bonds is 5. The summed E-state index contributed by atoms with van der Waals surface area (Å²) in [6.45, 7) is 3.68. The number of carbonyl (C=O) groups excluding carboxylic acids is 1. The lowest BCUT2D eigenvalue weighted by atomic mass is 10.1. The summed E-state index contributed by atoms with van der Waals surface area (Å²) < 4.78 is 10.1. The molecule has 0 aliphatic heterocycles. The zero-order valence-electron chi connectivity index (χ0n) is 12.0. The predicted molar refractivity (Wildman–Crippen MR) is 78.5 cm³/mol. The van der Waals surface area contributed by atoms with Crippen molar-refractivity contribution in [2.24, 2.45) is 0 Å². The number of amides is 1. The second kappa shape index (κ2) is 6.58. The van der Waals surface area contributed by atoms with E-state index in [2.05, 4.69) is 10.2 Å². The number of ether oxygens (including phenoxy) is 1. The minimum absolute atomic E-state index is 0.0566. The predicted octanol–water partition coefficient (Wildman–Crippen LogP) is 2.55. The van der Waals surface area contributed by atoms with Gasteiger partial charge in [-0.1, -0.05) is 23.3 Å². The molecule has 0 fully saturated rings. The quantitative estimate of drug-likeness (QED) is 0.794. The molecule has 1 aromatic heterocycles. The van der Waals surface area contributed by atoms with Crippen LogP contribution in [0.25, 0.3) is 0 Å². The fourth-order valence-corrected chi connectivity index (χ4v) is 2.00. The second-order valence-corrected chi connectivity index (χ2v) is 5.15. The van der Waals surface area contributed by atoms with Gasteiger partial charge >= 0.3 is 6.08 Å². The lowest BCUT2D eigenvalue weighted by molar-refractivity contribution is -0.118. The van der Waals surface area contributed by atoms with Crippen molar-refractivity contribution in [1.82, 2.24) is 10.2 Å². The van der Waals surface area contributed by atoms with E-state index in [0.29, 0.717) is 0 Å². The summed E-state index contributed by atoms with van der Waals surface area (Å²) in [4.78, 5) is 13.9. The minimum atomic E-state index is -0.658. The third kappa shape index (κ3) is 3.52. The number of aromatic nitrogens is 2. The average Bonchev–Trinajstić information content (AvgIpc) is 2.92. The van der Waals surface area contributed by atoms with Crippen molar-refractivity contribution in [2.75, 3.05) is 12.0 Å². The van der Waals surface area contributed by atoms with Crippen LogP contribution >= 0.6 is 11.6 Å². The van der Waals surface area contributed by atoms with Gasteiger partial charge in [-0.3, -0.25) is 4.79 Å². The first-order valence-electron chi connectivity index (χ1n) is 6.40. The van der Waals surface area contributed by atoms with E-state index in [1.54, 1.807) is 6.92 Å². The highest BCUT2D eigenvalue weighted by Crippen LogP contribution is 2.23. The number of hydrogen-bond acceptors (Lipinski definition) is 5. The Bertz CT molecular complexity index is 627. The van der Waals surface area contributed by atoms with E-state index < -0.39 is 5.38 Å². The molecular weight excluding hydrogens is 294 g/mol. The van der Waals surface area contributed by atoms with Gasteiger partial charge < -0.3 is 14.1 Å². The fraction of sp³-hybridized carbons (Fsp3) is 0.357. The maximum Gasteiger partial charge on any atom is 0.414 e. The molecule has 0 radical (unpaired) electrons. The number of nitrogens with zero attached hydrogens (tertiary/aromatic N) is 3. The van der Waals surface area contributed by atoms with E-state index in [1.165, 1.54) is 12.0 Å². The molecule has 7 heteroatoms. The SMILES string of the molecule is COc1nnc(CN(C(=O)C(C)Cl)c2ccccc2C)o1. The van der Waals surface area contributed by atoms with Crippen LogP contribution in [0.5, 0.6) is 6.08 Å². The Hall–Kier alpha value is -2.08. The summed E-state index contributed by atoms with van der Waals surface area (Å²) in [5.74, 6) is 0.0453. The van der Waals surface area contributed by atoms with E-state index in [4.69, 9.17) is 20.8 Å². The molecule has 112 valence electrons. The van der Waals surface area contributed by atoms with Gasteiger partial charge in [0.25, 0.3) is 0 Å². The molecule has 2 aromatic rings. The van der Waals surface area contributed by atoms with Crippen LogP contribution in [-0.4, -0.2) is 28.6 Å². The lowest BCUT2D eigenvalue weighted by Gasteiger charge is -2.24. The van der Waals surface area contributed by atoms with Crippen LogP contribution in [0, 0.1) is 6.92 Å². The minimum Gasteiger partial charge on any atom is -0.452 e. The summed E-state index contributed by atoms with van der Waals surface area (Å²) in [6, 6.07) is 7.53. The number of carbonyl (C=O) groups is 1. The number of anilines is 1. The normalized spacial score (nSPS) is 12.0. The van der Waals surface area contributed by atoms with Crippen molar-refractivity contribution in [2.45, 2.75) is 25.8 Å². The molecule has 6 nitrogen and oxygen atoms in total. The largest absolute Gasteiger partial charge is 0.452 e. The Morgan fingerprint density at radius 2 is 2.14 bits per heavy atom. The van der Waals surface area contributed by atoms with Crippen LogP contribution in [0.1, 0.15) is 18.4 Å². The average molecular weight is 310 g/mol. The van der Waals surface area contributed by atoms with Gasteiger partial charge in [-0.25, -0.2) is 0 Å². The smallest absolute Gasteiger partial charge is 0.414 e. The second-order valence-electron chi connectivity index (χ2n) is 4.49. The first kappa shape index (κ1) is 15.3. The Balaban J connectivity index is 2.33. The monoisotopic (exact) mass is 309 g/mol. The molecule has 1 atom stereocenters. The van der Waals surface area contributed by atoms with Crippen molar-refractivity contribution < 1.29 is 13.9 Å².